The maximum absolute atomic E-state index is 12.1. The topological polar surface area (TPSA) is 93.5 Å². The van der Waals surface area contributed by atoms with E-state index in [1.54, 1.807) is 24.3 Å². The molecule has 1 aromatic rings. The number of primary amides is 1. The van der Waals surface area contributed by atoms with Crippen molar-refractivity contribution in [1.82, 2.24) is 5.32 Å². The standard InChI is InChI=1S/C15H21N3O3.ClH/c16-14(19)7-10-21-13-3-1-12(2-4-13)18-15(20)11-5-8-17-9-6-11;/h1-4,11,17H,5-10H2,(H2,16,19)(H,18,20);1H. The molecule has 1 aliphatic heterocycles. The van der Waals surface area contributed by atoms with Gasteiger partial charge in [-0.1, -0.05) is 0 Å². The largest absolute Gasteiger partial charge is 0.493 e. The van der Waals surface area contributed by atoms with Crippen LogP contribution in [-0.4, -0.2) is 31.5 Å². The number of rotatable bonds is 6. The van der Waals surface area contributed by atoms with Crippen molar-refractivity contribution in [3.63, 3.8) is 0 Å². The summed E-state index contributed by atoms with van der Waals surface area (Å²) in [6, 6.07) is 7.11. The Bertz CT molecular complexity index is 487. The number of nitrogens with two attached hydrogens (primary N) is 1. The normalized spacial score (nSPS) is 14.7. The summed E-state index contributed by atoms with van der Waals surface area (Å²) in [5.41, 5.74) is 5.79. The number of carbonyl (C=O) groups excluding carboxylic acids is 2. The number of halogens is 1. The van der Waals surface area contributed by atoms with Gasteiger partial charge >= 0.3 is 0 Å². The van der Waals surface area contributed by atoms with E-state index >= 15 is 0 Å². The molecule has 0 radical (unpaired) electrons. The van der Waals surface area contributed by atoms with E-state index in [2.05, 4.69) is 10.6 Å². The van der Waals surface area contributed by atoms with E-state index < -0.39 is 0 Å². The quantitative estimate of drug-likeness (QED) is 0.734. The summed E-state index contributed by atoms with van der Waals surface area (Å²) in [6.45, 7) is 2.05. The van der Waals surface area contributed by atoms with E-state index in [4.69, 9.17) is 10.5 Å². The summed E-state index contributed by atoms with van der Waals surface area (Å²) in [5, 5.41) is 6.16. The minimum absolute atomic E-state index is 0. The van der Waals surface area contributed by atoms with E-state index in [0.717, 1.165) is 31.6 Å². The van der Waals surface area contributed by atoms with Gasteiger partial charge in [0.25, 0.3) is 0 Å². The third-order valence-electron chi connectivity index (χ3n) is 3.45. The maximum atomic E-state index is 12.1. The Balaban J connectivity index is 0.00000242. The second-order valence-electron chi connectivity index (χ2n) is 5.10. The van der Waals surface area contributed by atoms with E-state index in [0.29, 0.717) is 5.75 Å². The lowest BCUT2D eigenvalue weighted by atomic mass is 9.97. The smallest absolute Gasteiger partial charge is 0.227 e. The van der Waals surface area contributed by atoms with Crippen LogP contribution < -0.4 is 21.1 Å². The SMILES string of the molecule is Cl.NC(=O)CCOc1ccc(NC(=O)C2CCNCC2)cc1. The number of benzene rings is 1. The van der Waals surface area contributed by atoms with Gasteiger partial charge in [-0.3, -0.25) is 9.59 Å². The Morgan fingerprint density at radius 3 is 2.45 bits per heavy atom. The fraction of sp³-hybridized carbons (Fsp3) is 0.467. The number of carbonyl (C=O) groups is 2. The number of hydrogen-bond donors (Lipinski definition) is 3. The van der Waals surface area contributed by atoms with E-state index in [1.807, 2.05) is 0 Å². The molecule has 0 bridgehead atoms. The first-order chi connectivity index (χ1) is 10.1. The van der Waals surface area contributed by atoms with Crippen molar-refractivity contribution in [2.24, 2.45) is 11.7 Å². The first-order valence-corrected chi connectivity index (χ1v) is 7.18. The van der Waals surface area contributed by atoms with Crippen LogP contribution >= 0.6 is 12.4 Å². The first kappa shape index (κ1) is 18.3. The molecule has 4 N–H and O–H groups in total. The van der Waals surface area contributed by atoms with E-state index in [9.17, 15) is 9.59 Å². The lowest BCUT2D eigenvalue weighted by Gasteiger charge is -2.21. The fourth-order valence-electron chi connectivity index (χ4n) is 2.23. The zero-order valence-corrected chi connectivity index (χ0v) is 13.2. The van der Waals surface area contributed by atoms with Crippen LogP contribution in [0.3, 0.4) is 0 Å². The summed E-state index contributed by atoms with van der Waals surface area (Å²) >= 11 is 0. The molecule has 1 heterocycles. The minimum atomic E-state index is -0.388. The Hall–Kier alpha value is -1.79. The van der Waals surface area contributed by atoms with Crippen LogP contribution in [-0.2, 0) is 9.59 Å². The van der Waals surface area contributed by atoms with Crippen LogP contribution in [0.2, 0.25) is 0 Å². The van der Waals surface area contributed by atoms with E-state index in [1.165, 1.54) is 0 Å². The second kappa shape index (κ2) is 9.27. The van der Waals surface area contributed by atoms with Crippen LogP contribution in [0.1, 0.15) is 19.3 Å². The average Bonchev–Trinajstić information content (AvgIpc) is 2.49. The highest BCUT2D eigenvalue weighted by Crippen LogP contribution is 2.18. The Kier molecular flexibility index (Phi) is 7.70. The van der Waals surface area contributed by atoms with Gasteiger partial charge < -0.3 is 21.1 Å². The molecule has 0 aliphatic carbocycles. The average molecular weight is 328 g/mol. The van der Waals surface area contributed by atoms with Crippen molar-refractivity contribution < 1.29 is 14.3 Å². The van der Waals surface area contributed by atoms with Gasteiger partial charge in [-0.25, -0.2) is 0 Å². The molecule has 1 saturated heterocycles. The minimum Gasteiger partial charge on any atom is -0.493 e. The number of ether oxygens (including phenoxy) is 1. The molecular formula is C15H22ClN3O3. The molecule has 122 valence electrons. The summed E-state index contributed by atoms with van der Waals surface area (Å²) < 4.78 is 5.37. The van der Waals surface area contributed by atoms with E-state index in [-0.39, 0.29) is 43.2 Å². The number of hydrogen-bond acceptors (Lipinski definition) is 4. The van der Waals surface area contributed by atoms with Gasteiger partial charge in [0.15, 0.2) is 0 Å². The van der Waals surface area contributed by atoms with Gasteiger partial charge in [-0.15, -0.1) is 12.4 Å². The molecule has 2 rings (SSSR count). The predicted octanol–water partition coefficient (Wildman–Crippen LogP) is 1.30. The van der Waals surface area contributed by atoms with Crippen molar-refractivity contribution >= 4 is 29.9 Å². The van der Waals surface area contributed by atoms with Gasteiger partial charge in [0.05, 0.1) is 13.0 Å². The molecule has 1 fully saturated rings. The molecule has 6 nitrogen and oxygen atoms in total. The number of amides is 2. The summed E-state index contributed by atoms with van der Waals surface area (Å²) in [5.74, 6) is 0.411. The molecule has 0 spiro atoms. The Morgan fingerprint density at radius 2 is 1.86 bits per heavy atom. The van der Waals surface area contributed by atoms with Gasteiger partial charge in [0, 0.05) is 11.6 Å². The first-order valence-electron chi connectivity index (χ1n) is 7.18. The molecule has 0 saturated carbocycles. The lowest BCUT2D eigenvalue weighted by Crippen LogP contribution is -2.34. The number of piperidine rings is 1. The Morgan fingerprint density at radius 1 is 1.23 bits per heavy atom. The van der Waals surface area contributed by atoms with Crippen LogP contribution in [0.25, 0.3) is 0 Å². The highest BCUT2D eigenvalue weighted by atomic mass is 35.5. The molecule has 7 heteroatoms. The summed E-state index contributed by atoms with van der Waals surface area (Å²) in [7, 11) is 0. The summed E-state index contributed by atoms with van der Waals surface area (Å²) in [4.78, 5) is 22.7. The van der Waals surface area contributed by atoms with Crippen molar-refractivity contribution in [3.8, 4) is 5.75 Å². The molecule has 0 aromatic heterocycles. The van der Waals surface area contributed by atoms with Crippen LogP contribution in [0.5, 0.6) is 5.75 Å². The van der Waals surface area contributed by atoms with Crippen LogP contribution in [0.4, 0.5) is 5.69 Å². The highest BCUT2D eigenvalue weighted by molar-refractivity contribution is 5.92. The monoisotopic (exact) mass is 327 g/mol. The van der Waals surface area contributed by atoms with Crippen molar-refractivity contribution in [1.29, 1.82) is 0 Å². The maximum Gasteiger partial charge on any atom is 0.227 e. The third-order valence-corrected chi connectivity index (χ3v) is 3.45. The Labute approximate surface area is 136 Å². The zero-order chi connectivity index (χ0) is 15.1. The predicted molar refractivity (Wildman–Crippen MR) is 87.2 cm³/mol. The molecule has 2 amide bonds. The number of anilines is 1. The third kappa shape index (κ3) is 5.91. The fourth-order valence-corrected chi connectivity index (χ4v) is 2.23. The molecule has 1 aromatic carbocycles. The van der Waals surface area contributed by atoms with Crippen molar-refractivity contribution in [2.45, 2.75) is 19.3 Å². The zero-order valence-electron chi connectivity index (χ0n) is 12.3. The number of nitrogens with one attached hydrogen (secondary N) is 2. The molecular weight excluding hydrogens is 306 g/mol. The van der Waals surface area contributed by atoms with Gasteiger partial charge in [-0.05, 0) is 50.2 Å². The molecule has 22 heavy (non-hydrogen) atoms. The summed E-state index contributed by atoms with van der Waals surface area (Å²) in [6.07, 6.45) is 1.94. The van der Waals surface area contributed by atoms with Crippen LogP contribution in [0, 0.1) is 5.92 Å². The van der Waals surface area contributed by atoms with Gasteiger partial charge in [-0.2, -0.15) is 0 Å². The molecule has 0 unspecified atom stereocenters. The highest BCUT2D eigenvalue weighted by Gasteiger charge is 2.20. The lowest BCUT2D eigenvalue weighted by molar-refractivity contribution is -0.120. The molecule has 0 atom stereocenters. The van der Waals surface area contributed by atoms with Crippen molar-refractivity contribution in [2.75, 3.05) is 25.0 Å². The second-order valence-corrected chi connectivity index (χ2v) is 5.10. The van der Waals surface area contributed by atoms with Gasteiger partial charge in [0.2, 0.25) is 11.8 Å². The molecule has 1 aliphatic rings. The van der Waals surface area contributed by atoms with Gasteiger partial charge in [0.1, 0.15) is 5.75 Å². The van der Waals surface area contributed by atoms with Crippen molar-refractivity contribution in [3.05, 3.63) is 24.3 Å². The van der Waals surface area contributed by atoms with Crippen LogP contribution in [0.15, 0.2) is 24.3 Å².